The molecule has 0 spiro atoms. The van der Waals surface area contributed by atoms with E-state index in [0.717, 1.165) is 30.9 Å². The first-order valence-corrected chi connectivity index (χ1v) is 7.20. The number of carbonyl (C=O) groups excluding carboxylic acids is 1. The second-order valence-electron chi connectivity index (χ2n) is 4.84. The van der Waals surface area contributed by atoms with Crippen molar-refractivity contribution in [2.24, 2.45) is 11.7 Å². The zero-order valence-electron chi connectivity index (χ0n) is 11.0. The van der Waals surface area contributed by atoms with Crippen LogP contribution in [0.1, 0.15) is 40.5 Å². The Balaban J connectivity index is 3.98. The first-order chi connectivity index (χ1) is 7.42. The monoisotopic (exact) mass is 246 g/mol. The summed E-state index contributed by atoms with van der Waals surface area (Å²) in [6, 6.07) is 0. The van der Waals surface area contributed by atoms with Crippen LogP contribution in [0.4, 0.5) is 0 Å². The van der Waals surface area contributed by atoms with Crippen molar-refractivity contribution in [3.8, 4) is 0 Å². The fourth-order valence-corrected chi connectivity index (χ4v) is 2.49. The molecule has 0 saturated heterocycles. The molecule has 0 saturated carbocycles. The highest BCUT2D eigenvalue weighted by molar-refractivity contribution is 7.99. The van der Waals surface area contributed by atoms with Gasteiger partial charge in [-0.2, -0.15) is 11.8 Å². The Kier molecular flexibility index (Phi) is 7.85. The molecule has 3 N–H and O–H groups in total. The molecule has 1 unspecified atom stereocenters. The van der Waals surface area contributed by atoms with Crippen LogP contribution in [0, 0.1) is 5.92 Å². The van der Waals surface area contributed by atoms with Crippen molar-refractivity contribution in [2.45, 2.75) is 46.1 Å². The molecule has 0 aliphatic heterocycles. The molecule has 0 bridgehead atoms. The minimum atomic E-state index is -0.542. The van der Waals surface area contributed by atoms with Gasteiger partial charge >= 0.3 is 0 Å². The Morgan fingerprint density at radius 3 is 2.56 bits per heavy atom. The Morgan fingerprint density at radius 2 is 2.12 bits per heavy atom. The lowest BCUT2D eigenvalue weighted by Crippen LogP contribution is -2.53. The largest absolute Gasteiger partial charge is 0.368 e. The number of amides is 1. The lowest BCUT2D eigenvalue weighted by molar-refractivity contribution is -0.123. The van der Waals surface area contributed by atoms with Crippen LogP contribution in [0.25, 0.3) is 0 Å². The standard InChI is InChI=1S/C12H26N2OS/c1-5-7-14-12(4,11(13)15)6-8-16-9-10(2)3/h10,14H,5-9H2,1-4H3,(H2,13,15). The van der Waals surface area contributed by atoms with Crippen molar-refractivity contribution in [3.63, 3.8) is 0 Å². The molecule has 0 rings (SSSR count). The van der Waals surface area contributed by atoms with Crippen LogP contribution in [-0.2, 0) is 4.79 Å². The van der Waals surface area contributed by atoms with Gasteiger partial charge in [0.1, 0.15) is 0 Å². The first kappa shape index (κ1) is 15.8. The smallest absolute Gasteiger partial charge is 0.237 e. The van der Waals surface area contributed by atoms with Gasteiger partial charge in [0.25, 0.3) is 0 Å². The van der Waals surface area contributed by atoms with E-state index < -0.39 is 5.54 Å². The zero-order valence-corrected chi connectivity index (χ0v) is 11.8. The summed E-state index contributed by atoms with van der Waals surface area (Å²) in [5.41, 5.74) is 4.90. The van der Waals surface area contributed by atoms with E-state index in [1.165, 1.54) is 0 Å². The molecule has 0 aliphatic rings. The Hall–Kier alpha value is -0.220. The van der Waals surface area contributed by atoms with Crippen LogP contribution in [-0.4, -0.2) is 29.5 Å². The highest BCUT2D eigenvalue weighted by atomic mass is 32.2. The van der Waals surface area contributed by atoms with Gasteiger partial charge in [0, 0.05) is 0 Å². The number of primary amides is 1. The predicted octanol–water partition coefficient (Wildman–Crippen LogP) is 2.01. The molecule has 96 valence electrons. The predicted molar refractivity (Wildman–Crippen MR) is 72.7 cm³/mol. The van der Waals surface area contributed by atoms with Crippen molar-refractivity contribution in [1.82, 2.24) is 5.32 Å². The Bertz CT molecular complexity index is 209. The number of carbonyl (C=O) groups is 1. The number of nitrogens with one attached hydrogen (secondary N) is 1. The molecule has 3 nitrogen and oxygen atoms in total. The number of hydrogen-bond donors (Lipinski definition) is 2. The summed E-state index contributed by atoms with van der Waals surface area (Å²) in [6.45, 7) is 9.24. The normalized spacial score (nSPS) is 15.1. The van der Waals surface area contributed by atoms with Gasteiger partial charge in [0.15, 0.2) is 0 Å². The maximum atomic E-state index is 11.4. The fraction of sp³-hybridized carbons (Fsp3) is 0.917. The van der Waals surface area contributed by atoms with Gasteiger partial charge in [-0.1, -0.05) is 20.8 Å². The second kappa shape index (κ2) is 7.96. The van der Waals surface area contributed by atoms with Crippen molar-refractivity contribution in [2.75, 3.05) is 18.1 Å². The quantitative estimate of drug-likeness (QED) is 0.612. The lowest BCUT2D eigenvalue weighted by Gasteiger charge is -2.27. The van der Waals surface area contributed by atoms with Gasteiger partial charge in [-0.15, -0.1) is 0 Å². The van der Waals surface area contributed by atoms with Crippen molar-refractivity contribution in [3.05, 3.63) is 0 Å². The molecular formula is C12H26N2OS. The number of hydrogen-bond acceptors (Lipinski definition) is 3. The average Bonchev–Trinajstić information content (AvgIpc) is 2.21. The number of thioether (sulfide) groups is 1. The second-order valence-corrected chi connectivity index (χ2v) is 5.99. The third-order valence-electron chi connectivity index (χ3n) is 2.51. The van der Waals surface area contributed by atoms with E-state index in [-0.39, 0.29) is 5.91 Å². The third kappa shape index (κ3) is 6.38. The van der Waals surface area contributed by atoms with E-state index >= 15 is 0 Å². The highest BCUT2D eigenvalue weighted by Gasteiger charge is 2.29. The molecule has 1 atom stereocenters. The summed E-state index contributed by atoms with van der Waals surface area (Å²) >= 11 is 1.89. The van der Waals surface area contributed by atoms with Gasteiger partial charge in [-0.05, 0) is 43.7 Å². The minimum absolute atomic E-state index is 0.244. The SMILES string of the molecule is CCCNC(C)(CCSCC(C)C)C(N)=O. The van der Waals surface area contributed by atoms with Gasteiger partial charge in [-0.3, -0.25) is 4.79 Å². The van der Waals surface area contributed by atoms with E-state index in [2.05, 4.69) is 26.1 Å². The Labute approximate surface area is 104 Å². The summed E-state index contributed by atoms with van der Waals surface area (Å²) in [5.74, 6) is 2.58. The van der Waals surface area contributed by atoms with Crippen molar-refractivity contribution < 1.29 is 4.79 Å². The highest BCUT2D eigenvalue weighted by Crippen LogP contribution is 2.16. The summed E-state index contributed by atoms with van der Waals surface area (Å²) < 4.78 is 0. The minimum Gasteiger partial charge on any atom is -0.368 e. The topological polar surface area (TPSA) is 55.1 Å². The molecule has 0 fully saturated rings. The van der Waals surface area contributed by atoms with Crippen LogP contribution in [0.5, 0.6) is 0 Å². The molecule has 0 aromatic rings. The van der Waals surface area contributed by atoms with Crippen LogP contribution >= 0.6 is 11.8 Å². The van der Waals surface area contributed by atoms with Gasteiger partial charge in [0.2, 0.25) is 5.91 Å². The summed E-state index contributed by atoms with van der Waals surface area (Å²) in [5, 5.41) is 3.25. The van der Waals surface area contributed by atoms with E-state index in [9.17, 15) is 4.79 Å². The summed E-state index contributed by atoms with van der Waals surface area (Å²) in [7, 11) is 0. The molecule has 0 aromatic carbocycles. The fourth-order valence-electron chi connectivity index (χ4n) is 1.29. The van der Waals surface area contributed by atoms with Gasteiger partial charge in [-0.25, -0.2) is 0 Å². The van der Waals surface area contributed by atoms with E-state index in [1.807, 2.05) is 18.7 Å². The maximum Gasteiger partial charge on any atom is 0.237 e. The van der Waals surface area contributed by atoms with Crippen LogP contribution in [0.3, 0.4) is 0 Å². The molecule has 0 heterocycles. The average molecular weight is 246 g/mol. The van der Waals surface area contributed by atoms with Crippen LogP contribution in [0.15, 0.2) is 0 Å². The van der Waals surface area contributed by atoms with Gasteiger partial charge < -0.3 is 11.1 Å². The maximum absolute atomic E-state index is 11.4. The first-order valence-electron chi connectivity index (χ1n) is 6.05. The van der Waals surface area contributed by atoms with Crippen molar-refractivity contribution >= 4 is 17.7 Å². The molecule has 0 aromatic heterocycles. The van der Waals surface area contributed by atoms with Gasteiger partial charge in [0.05, 0.1) is 5.54 Å². The molecule has 16 heavy (non-hydrogen) atoms. The zero-order chi connectivity index (χ0) is 12.6. The molecule has 0 aliphatic carbocycles. The van der Waals surface area contributed by atoms with Crippen LogP contribution < -0.4 is 11.1 Å². The Morgan fingerprint density at radius 1 is 1.50 bits per heavy atom. The van der Waals surface area contributed by atoms with E-state index in [1.54, 1.807) is 0 Å². The molecule has 0 radical (unpaired) electrons. The summed E-state index contributed by atoms with van der Waals surface area (Å²) in [6.07, 6.45) is 1.82. The lowest BCUT2D eigenvalue weighted by atomic mass is 9.98. The van der Waals surface area contributed by atoms with Crippen LogP contribution in [0.2, 0.25) is 0 Å². The van der Waals surface area contributed by atoms with E-state index in [0.29, 0.717) is 5.92 Å². The van der Waals surface area contributed by atoms with Crippen molar-refractivity contribution in [1.29, 1.82) is 0 Å². The third-order valence-corrected chi connectivity index (χ3v) is 3.90. The van der Waals surface area contributed by atoms with E-state index in [4.69, 9.17) is 5.73 Å². The molecular weight excluding hydrogens is 220 g/mol. The molecule has 1 amide bonds. The number of nitrogens with two attached hydrogens (primary N) is 1. The number of rotatable bonds is 9. The summed E-state index contributed by atoms with van der Waals surface area (Å²) in [4.78, 5) is 11.4. The molecule has 4 heteroatoms.